The number of hydrogen-bond donors (Lipinski definition) is 0. The largest absolute Gasteiger partial charge is 0.492 e. The first kappa shape index (κ1) is 17.7. The average molecular weight is 395 g/mol. The lowest BCUT2D eigenvalue weighted by molar-refractivity contribution is -0.118. The van der Waals surface area contributed by atoms with Crippen molar-refractivity contribution in [2.75, 3.05) is 38.2 Å². The zero-order valence-electron chi connectivity index (χ0n) is 14.7. The molecular weight excluding hydrogens is 368 g/mol. The molecule has 0 aromatic heterocycles. The quantitative estimate of drug-likeness (QED) is 0.759. The summed E-state index contributed by atoms with van der Waals surface area (Å²) < 4.78 is 7.12. The van der Waals surface area contributed by atoms with E-state index in [1.165, 1.54) is 18.4 Å². The van der Waals surface area contributed by atoms with Crippen molar-refractivity contribution in [1.82, 2.24) is 4.90 Å². The molecule has 0 atom stereocenters. The summed E-state index contributed by atoms with van der Waals surface area (Å²) in [5.41, 5.74) is 2.27. The third kappa shape index (κ3) is 3.94. The first-order valence-electron chi connectivity index (χ1n) is 9.02. The van der Waals surface area contributed by atoms with Gasteiger partial charge in [-0.15, -0.1) is 0 Å². The number of nitrogens with zero attached hydrogens (tertiary/aromatic N) is 2. The van der Waals surface area contributed by atoms with Crippen molar-refractivity contribution >= 4 is 27.5 Å². The maximum absolute atomic E-state index is 12.3. The maximum atomic E-state index is 12.3. The lowest BCUT2D eigenvalue weighted by Crippen LogP contribution is -2.32. The molecule has 1 saturated heterocycles. The van der Waals surface area contributed by atoms with Gasteiger partial charge in [-0.3, -0.25) is 4.79 Å². The second-order valence-electron chi connectivity index (χ2n) is 7.01. The van der Waals surface area contributed by atoms with Crippen LogP contribution in [0.15, 0.2) is 16.6 Å². The molecule has 0 bridgehead atoms. The zero-order chi connectivity index (χ0) is 17.1. The third-order valence-corrected chi connectivity index (χ3v) is 5.73. The highest BCUT2D eigenvalue weighted by molar-refractivity contribution is 9.10. The number of benzene rings is 1. The Balaban J connectivity index is 1.68. The van der Waals surface area contributed by atoms with Gasteiger partial charge in [0.2, 0.25) is 5.91 Å². The standard InChI is InChI=1S/C19H27BrN2O2/c1-3-4-19(23)22-10-7-15-11-16(20)18(12-17(15)22)24-13-14-5-8-21(2)9-6-14/h11-12,14H,3-10,13H2,1-2H3. The Kier molecular flexibility index (Phi) is 5.82. The van der Waals surface area contributed by atoms with Gasteiger partial charge in [-0.1, -0.05) is 6.92 Å². The van der Waals surface area contributed by atoms with Gasteiger partial charge in [0.1, 0.15) is 5.75 Å². The first-order chi connectivity index (χ1) is 11.6. The minimum Gasteiger partial charge on any atom is -0.492 e. The van der Waals surface area contributed by atoms with E-state index < -0.39 is 0 Å². The molecule has 4 nitrogen and oxygen atoms in total. The lowest BCUT2D eigenvalue weighted by Gasteiger charge is -2.29. The van der Waals surface area contributed by atoms with E-state index in [9.17, 15) is 4.79 Å². The number of piperidine rings is 1. The molecule has 132 valence electrons. The Morgan fingerprint density at radius 2 is 2.04 bits per heavy atom. The predicted octanol–water partition coefficient (Wildman–Crippen LogP) is 3.86. The second-order valence-corrected chi connectivity index (χ2v) is 7.87. The van der Waals surface area contributed by atoms with Crippen LogP contribution in [-0.4, -0.2) is 44.1 Å². The first-order valence-corrected chi connectivity index (χ1v) is 9.82. The SMILES string of the molecule is CCCC(=O)N1CCc2cc(Br)c(OCC3CCN(C)CC3)cc21. The van der Waals surface area contributed by atoms with Crippen molar-refractivity contribution in [2.24, 2.45) is 5.92 Å². The van der Waals surface area contributed by atoms with E-state index in [-0.39, 0.29) is 5.91 Å². The van der Waals surface area contributed by atoms with E-state index in [2.05, 4.69) is 40.0 Å². The van der Waals surface area contributed by atoms with E-state index >= 15 is 0 Å². The van der Waals surface area contributed by atoms with Crippen LogP contribution >= 0.6 is 15.9 Å². The van der Waals surface area contributed by atoms with Gasteiger partial charge in [-0.25, -0.2) is 0 Å². The van der Waals surface area contributed by atoms with E-state index in [1.807, 2.05) is 11.8 Å². The molecule has 0 unspecified atom stereocenters. The van der Waals surface area contributed by atoms with Crippen LogP contribution in [0.1, 0.15) is 38.2 Å². The van der Waals surface area contributed by atoms with Crippen LogP contribution in [0, 0.1) is 5.92 Å². The molecule has 0 aliphatic carbocycles. The van der Waals surface area contributed by atoms with Gasteiger partial charge in [-0.2, -0.15) is 0 Å². The number of halogens is 1. The number of fused-ring (bicyclic) bond motifs is 1. The molecule has 3 rings (SSSR count). The third-order valence-electron chi connectivity index (χ3n) is 5.11. The fourth-order valence-corrected chi connectivity index (χ4v) is 4.05. The summed E-state index contributed by atoms with van der Waals surface area (Å²) in [5, 5.41) is 0. The van der Waals surface area contributed by atoms with Crippen molar-refractivity contribution in [3.8, 4) is 5.75 Å². The molecule has 2 heterocycles. The van der Waals surface area contributed by atoms with Crippen molar-refractivity contribution in [1.29, 1.82) is 0 Å². The molecule has 2 aliphatic heterocycles. The van der Waals surface area contributed by atoms with Gasteiger partial charge >= 0.3 is 0 Å². The summed E-state index contributed by atoms with van der Waals surface area (Å²) in [6.45, 7) is 5.90. The summed E-state index contributed by atoms with van der Waals surface area (Å²) in [7, 11) is 2.18. The number of amides is 1. The van der Waals surface area contributed by atoms with E-state index in [0.29, 0.717) is 12.3 Å². The molecule has 1 amide bonds. The van der Waals surface area contributed by atoms with E-state index in [0.717, 1.165) is 55.0 Å². The number of rotatable bonds is 5. The van der Waals surface area contributed by atoms with Gasteiger partial charge in [0.05, 0.1) is 16.8 Å². The zero-order valence-corrected chi connectivity index (χ0v) is 16.3. The fraction of sp³-hybridized carbons (Fsp3) is 0.632. The molecule has 0 N–H and O–H groups in total. The Morgan fingerprint density at radius 1 is 1.29 bits per heavy atom. The molecule has 2 aliphatic rings. The van der Waals surface area contributed by atoms with E-state index in [1.54, 1.807) is 0 Å². The Bertz CT molecular complexity index is 597. The predicted molar refractivity (Wildman–Crippen MR) is 101 cm³/mol. The number of likely N-dealkylation sites (tertiary alicyclic amines) is 1. The molecule has 24 heavy (non-hydrogen) atoms. The van der Waals surface area contributed by atoms with Crippen LogP contribution in [0.5, 0.6) is 5.75 Å². The normalized spacial score (nSPS) is 18.7. The molecule has 5 heteroatoms. The van der Waals surface area contributed by atoms with Gasteiger partial charge < -0.3 is 14.5 Å². The number of ether oxygens (including phenoxy) is 1. The summed E-state index contributed by atoms with van der Waals surface area (Å²) in [4.78, 5) is 16.6. The molecular formula is C19H27BrN2O2. The number of hydrogen-bond acceptors (Lipinski definition) is 3. The smallest absolute Gasteiger partial charge is 0.226 e. The number of carbonyl (C=O) groups excluding carboxylic acids is 1. The maximum Gasteiger partial charge on any atom is 0.226 e. The highest BCUT2D eigenvalue weighted by Gasteiger charge is 2.26. The van der Waals surface area contributed by atoms with Crippen LogP contribution in [0.2, 0.25) is 0 Å². The molecule has 1 fully saturated rings. The van der Waals surface area contributed by atoms with Crippen LogP contribution in [0.3, 0.4) is 0 Å². The van der Waals surface area contributed by atoms with Gasteiger partial charge in [0.15, 0.2) is 0 Å². The summed E-state index contributed by atoms with van der Waals surface area (Å²) in [6, 6.07) is 4.17. The van der Waals surface area contributed by atoms with Crippen molar-refractivity contribution in [3.05, 3.63) is 22.2 Å². The van der Waals surface area contributed by atoms with Crippen molar-refractivity contribution in [3.63, 3.8) is 0 Å². The van der Waals surface area contributed by atoms with Crippen LogP contribution in [0.25, 0.3) is 0 Å². The molecule has 0 saturated carbocycles. The fourth-order valence-electron chi connectivity index (χ4n) is 3.54. The lowest BCUT2D eigenvalue weighted by atomic mass is 9.98. The minimum atomic E-state index is 0.222. The topological polar surface area (TPSA) is 32.8 Å². The highest BCUT2D eigenvalue weighted by Crippen LogP contribution is 2.38. The average Bonchev–Trinajstić information content (AvgIpc) is 2.97. The van der Waals surface area contributed by atoms with Crippen molar-refractivity contribution < 1.29 is 9.53 Å². The minimum absolute atomic E-state index is 0.222. The Labute approximate surface area is 153 Å². The molecule has 0 spiro atoms. The Morgan fingerprint density at radius 3 is 2.75 bits per heavy atom. The highest BCUT2D eigenvalue weighted by atomic mass is 79.9. The summed E-state index contributed by atoms with van der Waals surface area (Å²) in [6.07, 6.45) is 4.82. The van der Waals surface area contributed by atoms with Crippen molar-refractivity contribution in [2.45, 2.75) is 39.0 Å². The number of carbonyl (C=O) groups is 1. The summed E-state index contributed by atoms with van der Waals surface area (Å²) in [5.74, 6) is 1.71. The van der Waals surface area contributed by atoms with Gasteiger partial charge in [0.25, 0.3) is 0 Å². The van der Waals surface area contributed by atoms with Crippen LogP contribution in [-0.2, 0) is 11.2 Å². The number of anilines is 1. The second kappa shape index (κ2) is 7.87. The van der Waals surface area contributed by atoms with Gasteiger partial charge in [0, 0.05) is 19.0 Å². The molecule has 1 aromatic carbocycles. The Hall–Kier alpha value is -1.07. The molecule has 1 aromatic rings. The molecule has 0 radical (unpaired) electrons. The van der Waals surface area contributed by atoms with E-state index in [4.69, 9.17) is 4.74 Å². The summed E-state index contributed by atoms with van der Waals surface area (Å²) >= 11 is 3.64. The van der Waals surface area contributed by atoms with Gasteiger partial charge in [-0.05, 0) is 79.3 Å². The monoisotopic (exact) mass is 394 g/mol. The van der Waals surface area contributed by atoms with Crippen LogP contribution < -0.4 is 9.64 Å². The van der Waals surface area contributed by atoms with Crippen LogP contribution in [0.4, 0.5) is 5.69 Å².